The molecule has 118 heavy (non-hydrogen) atoms. The van der Waals surface area contributed by atoms with Crippen LogP contribution in [0, 0.1) is 21.7 Å². The predicted molar refractivity (Wildman–Crippen MR) is 386 cm³/mol. The van der Waals surface area contributed by atoms with Gasteiger partial charge in [-0.1, -0.05) is 64.8 Å². The SMILES string of the molecule is CC(C)(COP(=O)([O-])OP(=O)([O-])OCC1OC(n2cnc3c(N)ncnc32)C(O)C1OP(=O)([O-])[O-])C(O)C(=O)NCCC(=O)NCCC(=O)C1(CCCCc2cccc(CCCCC3(C(=O)CCNC(=O)CCNC(=O)C(O)C(C)(C)COP(=O)([O-])OP(=O)([O-])OCC4OC(n5cnc6c(N)ncnc65)C(O)C4OP(=O)([O-])[O-])CC3)c2)CC1. The van der Waals surface area contributed by atoms with Gasteiger partial charge in [-0.2, -0.15) is 0 Å². The molecule has 5 aromatic rings. The summed E-state index contributed by atoms with van der Waals surface area (Å²) in [6, 6.07) is 8.21. The minimum Gasteiger partial charge on any atom is -0.790 e. The second kappa shape index (κ2) is 39.4. The molecule has 2 aliphatic heterocycles. The fourth-order valence-corrected chi connectivity index (χ4v) is 18.6. The molecular formula is C64H90N14O34P6-8. The molecule has 4 fully saturated rings. The van der Waals surface area contributed by atoms with Gasteiger partial charge in [0.05, 0.1) is 54.7 Å². The van der Waals surface area contributed by atoms with Crippen molar-refractivity contribution in [3.8, 4) is 0 Å². The summed E-state index contributed by atoms with van der Waals surface area (Å²) in [5, 5.41) is 53.3. The van der Waals surface area contributed by atoms with Gasteiger partial charge in [0.15, 0.2) is 35.4 Å². The highest BCUT2D eigenvalue weighted by molar-refractivity contribution is 7.60. The van der Waals surface area contributed by atoms with Gasteiger partial charge in [0.1, 0.15) is 84.1 Å². The summed E-state index contributed by atoms with van der Waals surface area (Å²) in [5.41, 5.74) is 9.30. The van der Waals surface area contributed by atoms with E-state index in [4.69, 9.17) is 20.9 Å². The highest BCUT2D eigenvalue weighted by atomic mass is 31.3. The Morgan fingerprint density at radius 1 is 0.534 bits per heavy atom. The number of nitrogens with zero attached hydrogens (tertiary/aromatic N) is 8. The third-order valence-electron chi connectivity index (χ3n) is 20.1. The number of anilines is 2. The highest BCUT2D eigenvalue weighted by Gasteiger charge is 2.52. The Balaban J connectivity index is 0.586. The van der Waals surface area contributed by atoms with Crippen LogP contribution in [0.15, 0.2) is 49.6 Å². The van der Waals surface area contributed by atoms with Crippen LogP contribution in [0.3, 0.4) is 0 Å². The molecule has 1 aromatic carbocycles. The van der Waals surface area contributed by atoms with Crippen molar-refractivity contribution in [3.63, 3.8) is 0 Å². The number of nitrogens with two attached hydrogens (primary N) is 2. The van der Waals surface area contributed by atoms with Crippen molar-refractivity contribution in [1.82, 2.24) is 60.3 Å². The number of Topliss-reactive ketones (excluding diaryl/α,β-unsaturated/α-hetero) is 2. The smallest absolute Gasteiger partial charge is 0.274 e. The first kappa shape index (κ1) is 95.5. The van der Waals surface area contributed by atoms with Crippen LogP contribution in [0.1, 0.15) is 141 Å². The van der Waals surface area contributed by atoms with E-state index in [9.17, 15) is 116 Å². The standard InChI is InChI=1S/C64H98N14O34P6/c1-61(2,31-105-117(99,100)111-115(95,96)103-29-39-49(109-113(89,90)91)47(83)59(107-39)77-35-75-45-53(65)71-33-73-55(45)77)51(85)57(87)69-26-16-43(81)67-24-14-41(79)63(20-21-63)18-7-5-10-37-12-9-13-38(28-37)11-6-8-19-64(22-23-64)42(80)15-25-68-44(82)17-27-70-58(88)52(86)62(3,4)32-106-118(101,102)112-116(97,98)104-30-40-50(110-114(92,93)94)48(84)60(108-40)78-36-76-46-54(66)72-34-74-56(46)78/h9,12-13,28,33-36,39-40,47-52,59-60,83-86H,5-8,10-11,14-27,29-32H2,1-4H3,(H,67,81)(H,68,82)(H,69,87)(H,70,88)(H,95,96)(H,97,98)(H,99,100)(H,101,102)(H2,65,71,73)(H2,66,72,74)(H2,89,90,91)(H2,92,93,94)/p-8. The number of carbonyl (C=O) groups excluding carboxylic acids is 6. The quantitative estimate of drug-likeness (QED) is 0.0133. The highest BCUT2D eigenvalue weighted by Crippen LogP contribution is 2.59. The average Bonchev–Trinajstić information content (AvgIpc) is 1.63. The van der Waals surface area contributed by atoms with Crippen LogP contribution in [0.5, 0.6) is 0 Å². The molecule has 12 N–H and O–H groups in total. The molecule has 0 spiro atoms. The summed E-state index contributed by atoms with van der Waals surface area (Å²) in [7, 11) is -35.6. The van der Waals surface area contributed by atoms with Gasteiger partial charge >= 0.3 is 0 Å². The Labute approximate surface area is 672 Å². The zero-order valence-corrected chi connectivity index (χ0v) is 69.2. The molecule has 4 aliphatic rings. The van der Waals surface area contributed by atoms with Crippen molar-refractivity contribution in [2.24, 2.45) is 21.7 Å². The van der Waals surface area contributed by atoms with Crippen LogP contribution in [-0.4, -0.2) is 196 Å². The number of imidazole rings is 2. The summed E-state index contributed by atoms with van der Waals surface area (Å²) in [6.07, 6.45) is -6.69. The number of aryl methyl sites for hydroxylation is 2. The Kier molecular flexibility index (Phi) is 31.9. The van der Waals surface area contributed by atoms with E-state index in [-0.39, 0.29) is 97.4 Å². The number of rotatable bonds is 50. The number of carbonyl (C=O) groups is 6. The molecule has 14 atom stereocenters. The van der Waals surface area contributed by atoms with E-state index in [1.165, 1.54) is 27.7 Å². The summed E-state index contributed by atoms with van der Waals surface area (Å²) in [4.78, 5) is 198. The Morgan fingerprint density at radius 2 is 0.890 bits per heavy atom. The molecule has 658 valence electrons. The molecule has 2 saturated carbocycles. The topological polar surface area (TPSA) is 750 Å². The molecule has 4 aromatic heterocycles. The van der Waals surface area contributed by atoms with E-state index in [2.05, 4.69) is 93.0 Å². The second-order valence-electron chi connectivity index (χ2n) is 30.1. The fraction of sp³-hybridized carbons (Fsp3) is 0.656. The third-order valence-corrected chi connectivity index (χ3v) is 26.1. The van der Waals surface area contributed by atoms with Gasteiger partial charge in [-0.15, -0.1) is 0 Å². The number of nitrogens with one attached hydrogen (secondary N) is 4. The van der Waals surface area contributed by atoms with E-state index >= 15 is 0 Å². The van der Waals surface area contributed by atoms with Crippen molar-refractivity contribution in [2.75, 3.05) is 64.1 Å². The molecule has 14 unspecified atom stereocenters. The number of aliphatic hydroxyl groups is 4. The first-order chi connectivity index (χ1) is 55.0. The number of ether oxygens (including phenoxy) is 2. The lowest BCUT2D eigenvalue weighted by Gasteiger charge is -2.36. The van der Waals surface area contributed by atoms with Gasteiger partial charge in [-0.3, -0.25) is 56.2 Å². The normalized spacial score (nSPS) is 23.1. The van der Waals surface area contributed by atoms with Crippen LogP contribution >= 0.6 is 46.9 Å². The average molecular weight is 1790 g/mol. The van der Waals surface area contributed by atoms with Gasteiger partial charge in [0.25, 0.3) is 31.3 Å². The van der Waals surface area contributed by atoms with Gasteiger partial charge in [0.2, 0.25) is 23.6 Å². The number of aromatic nitrogens is 8. The summed E-state index contributed by atoms with van der Waals surface area (Å²) < 4.78 is 123. The van der Waals surface area contributed by atoms with Crippen LogP contribution in [0.4, 0.5) is 11.6 Å². The van der Waals surface area contributed by atoms with Crippen molar-refractivity contribution in [2.45, 2.75) is 192 Å². The number of phosphoric acid groups is 6. The largest absolute Gasteiger partial charge is 0.790 e. The number of phosphoric ester groups is 6. The zero-order chi connectivity index (χ0) is 86.8. The third kappa shape index (κ3) is 26.8. The Hall–Kier alpha value is -6.36. The number of unbranched alkanes of at least 4 members (excludes halogenated alkanes) is 2. The zero-order valence-electron chi connectivity index (χ0n) is 63.8. The maximum absolute atomic E-state index is 13.3. The van der Waals surface area contributed by atoms with E-state index < -0.39 is 180 Å². The number of hydrogen-bond donors (Lipinski definition) is 10. The minimum absolute atomic E-state index is 0.0172. The number of benzene rings is 1. The lowest BCUT2D eigenvalue weighted by atomic mass is 9.87. The molecule has 2 saturated heterocycles. The van der Waals surface area contributed by atoms with Gasteiger partial charge in [-0.05, 0) is 75.3 Å². The van der Waals surface area contributed by atoms with Crippen LogP contribution in [0.25, 0.3) is 22.3 Å². The van der Waals surface area contributed by atoms with Crippen LogP contribution < -0.4 is 71.9 Å². The minimum atomic E-state index is -5.99. The predicted octanol–water partition coefficient (Wildman–Crippen LogP) is -3.63. The van der Waals surface area contributed by atoms with Crippen molar-refractivity contribution >= 4 is 116 Å². The number of hydrogen-bond acceptors (Lipinski definition) is 42. The second-order valence-corrected chi connectivity index (χ2v) is 38.2. The maximum Gasteiger partial charge on any atom is 0.274 e. The molecular weight excluding hydrogens is 1690 g/mol. The summed E-state index contributed by atoms with van der Waals surface area (Å²) in [5.74, 6) is -3.36. The van der Waals surface area contributed by atoms with Gasteiger partial charge in [-0.25, -0.2) is 38.5 Å². The van der Waals surface area contributed by atoms with Gasteiger partial charge in [0, 0.05) is 73.5 Å². The Bertz CT molecular complexity index is 4430. The lowest BCUT2D eigenvalue weighted by molar-refractivity contribution is -0.348. The van der Waals surface area contributed by atoms with Gasteiger partial charge < -0.3 is 138 Å². The van der Waals surface area contributed by atoms with Crippen molar-refractivity contribution < 1.29 is 161 Å². The maximum atomic E-state index is 13.3. The summed E-state index contributed by atoms with van der Waals surface area (Å²) in [6.45, 7) is -0.552. The van der Waals surface area contributed by atoms with Crippen molar-refractivity contribution in [3.05, 3.63) is 60.7 Å². The molecule has 54 heteroatoms. The number of ketones is 2. The molecule has 0 bridgehead atoms. The van der Waals surface area contributed by atoms with E-state index in [1.54, 1.807) is 0 Å². The van der Waals surface area contributed by atoms with E-state index in [0.717, 1.165) is 110 Å². The molecule has 9 rings (SSSR count). The van der Waals surface area contributed by atoms with Crippen LogP contribution in [-0.2, 0) is 114 Å². The van der Waals surface area contributed by atoms with E-state index in [1.807, 2.05) is 18.2 Å². The van der Waals surface area contributed by atoms with Crippen LogP contribution in [0.2, 0.25) is 0 Å². The van der Waals surface area contributed by atoms with E-state index in [0.29, 0.717) is 12.8 Å². The number of amides is 4. The number of nitrogen functional groups attached to an aromatic ring is 2. The number of aliphatic hydroxyl groups excluding tert-OH is 4. The lowest BCUT2D eigenvalue weighted by Crippen LogP contribution is -2.46. The Morgan fingerprint density at radius 3 is 1.25 bits per heavy atom. The fourth-order valence-electron chi connectivity index (χ4n) is 13.2. The molecule has 2 aliphatic carbocycles. The number of fused-ring (bicyclic) bond motifs is 2. The molecule has 48 nitrogen and oxygen atoms in total. The van der Waals surface area contributed by atoms with Crippen molar-refractivity contribution in [1.29, 1.82) is 0 Å². The monoisotopic (exact) mass is 1780 g/mol. The molecule has 4 amide bonds. The summed E-state index contributed by atoms with van der Waals surface area (Å²) >= 11 is 0. The molecule has 0 radical (unpaired) electrons. The molecule has 6 heterocycles. The first-order valence-electron chi connectivity index (χ1n) is 36.8. The first-order valence-corrected chi connectivity index (χ1v) is 45.6.